The number of aliphatic hydroxyl groups is 1. The van der Waals surface area contributed by atoms with Gasteiger partial charge in [0.15, 0.2) is 11.6 Å². The van der Waals surface area contributed by atoms with Crippen LogP contribution < -0.4 is 0 Å². The van der Waals surface area contributed by atoms with Crippen molar-refractivity contribution in [2.75, 3.05) is 11.5 Å². The third-order valence-corrected chi connectivity index (χ3v) is 3.03. The number of thioether (sulfide) groups is 1. The Hall–Kier alpha value is -0.610. The van der Waals surface area contributed by atoms with E-state index in [2.05, 4.69) is 0 Å². The van der Waals surface area contributed by atoms with E-state index in [0.717, 1.165) is 11.8 Å². The Balaban J connectivity index is 2.60. The zero-order chi connectivity index (χ0) is 11.3. The van der Waals surface area contributed by atoms with Gasteiger partial charge in [-0.15, -0.1) is 0 Å². The maximum absolute atomic E-state index is 13.2. The van der Waals surface area contributed by atoms with Crippen LogP contribution >= 0.6 is 11.8 Å². The van der Waals surface area contributed by atoms with Crippen LogP contribution in [0.2, 0.25) is 0 Å². The van der Waals surface area contributed by atoms with Crippen LogP contribution in [0.15, 0.2) is 18.2 Å². The van der Waals surface area contributed by atoms with Crippen molar-refractivity contribution >= 4 is 11.8 Å². The molecular weight excluding hydrogens is 218 g/mol. The van der Waals surface area contributed by atoms with Crippen molar-refractivity contribution < 1.29 is 13.9 Å². The van der Waals surface area contributed by atoms with Gasteiger partial charge >= 0.3 is 0 Å². The van der Waals surface area contributed by atoms with Crippen LogP contribution in [0.3, 0.4) is 0 Å². The van der Waals surface area contributed by atoms with Crippen LogP contribution in [0.25, 0.3) is 0 Å². The first kappa shape index (κ1) is 12.5. The second-order valence-electron chi connectivity index (χ2n) is 3.23. The molecule has 4 heteroatoms. The fourth-order valence-electron chi connectivity index (χ4n) is 1.27. The Labute approximate surface area is 92.5 Å². The lowest BCUT2D eigenvalue weighted by atomic mass is 10.1. The van der Waals surface area contributed by atoms with E-state index < -0.39 is 17.7 Å². The van der Waals surface area contributed by atoms with Gasteiger partial charge in [-0.05, 0) is 17.4 Å². The van der Waals surface area contributed by atoms with Crippen molar-refractivity contribution in [1.29, 1.82) is 0 Å². The lowest BCUT2D eigenvalue weighted by Gasteiger charge is -2.10. The summed E-state index contributed by atoms with van der Waals surface area (Å²) in [4.78, 5) is 0. The molecule has 0 aliphatic heterocycles. The van der Waals surface area contributed by atoms with Crippen molar-refractivity contribution in [3.63, 3.8) is 0 Å². The van der Waals surface area contributed by atoms with Crippen LogP contribution in [-0.4, -0.2) is 22.7 Å². The Bertz CT molecular complexity index is 317. The smallest absolute Gasteiger partial charge is 0.162 e. The minimum absolute atomic E-state index is 0.163. The van der Waals surface area contributed by atoms with Gasteiger partial charge in [0.2, 0.25) is 0 Å². The predicted octanol–water partition coefficient (Wildman–Crippen LogP) is 2.62. The predicted molar refractivity (Wildman–Crippen MR) is 59.1 cm³/mol. The van der Waals surface area contributed by atoms with E-state index in [9.17, 15) is 13.9 Å². The minimum atomic E-state index is -0.858. The highest BCUT2D eigenvalue weighted by atomic mass is 32.2. The molecule has 1 nitrogen and oxygen atoms in total. The quantitative estimate of drug-likeness (QED) is 0.842. The van der Waals surface area contributed by atoms with E-state index in [-0.39, 0.29) is 12.0 Å². The summed E-state index contributed by atoms with van der Waals surface area (Å²) in [7, 11) is 0. The molecule has 1 N–H and O–H groups in total. The molecule has 1 aromatic rings. The van der Waals surface area contributed by atoms with Gasteiger partial charge in [0, 0.05) is 12.2 Å². The molecule has 0 spiro atoms. The average molecular weight is 232 g/mol. The summed E-state index contributed by atoms with van der Waals surface area (Å²) in [6.45, 7) is 1.99. The Kier molecular flexibility index (Phi) is 5.05. The van der Waals surface area contributed by atoms with Crippen LogP contribution in [0, 0.1) is 11.6 Å². The maximum atomic E-state index is 13.2. The number of rotatable bonds is 5. The Morgan fingerprint density at radius 3 is 2.80 bits per heavy atom. The number of halogens is 2. The minimum Gasteiger partial charge on any atom is -0.392 e. The van der Waals surface area contributed by atoms with Crippen LogP contribution in [0.5, 0.6) is 0 Å². The highest BCUT2D eigenvalue weighted by Gasteiger charge is 2.11. The summed E-state index contributed by atoms with van der Waals surface area (Å²) in [5.41, 5.74) is 0.235. The summed E-state index contributed by atoms with van der Waals surface area (Å²) in [5.74, 6) is -0.254. The molecule has 0 amide bonds. The molecule has 0 fully saturated rings. The molecule has 0 saturated carbocycles. The van der Waals surface area contributed by atoms with E-state index in [4.69, 9.17) is 0 Å². The van der Waals surface area contributed by atoms with Gasteiger partial charge in [-0.1, -0.05) is 19.1 Å². The van der Waals surface area contributed by atoms with Gasteiger partial charge in [0.1, 0.15) is 0 Å². The standard InChI is InChI=1S/C11H14F2OS/c1-2-15-7-9(14)6-8-4-3-5-10(12)11(8)13/h3-5,9,14H,2,6-7H2,1H3. The molecule has 0 aliphatic carbocycles. The van der Waals surface area contributed by atoms with Crippen molar-refractivity contribution in [1.82, 2.24) is 0 Å². The molecule has 1 aromatic carbocycles. The van der Waals surface area contributed by atoms with E-state index in [0.29, 0.717) is 5.75 Å². The normalized spacial score (nSPS) is 12.8. The molecule has 1 unspecified atom stereocenters. The van der Waals surface area contributed by atoms with Crippen molar-refractivity contribution in [2.24, 2.45) is 0 Å². The molecule has 0 aliphatic rings. The van der Waals surface area contributed by atoms with Crippen LogP contribution in [0.1, 0.15) is 12.5 Å². The topological polar surface area (TPSA) is 20.2 Å². The van der Waals surface area contributed by atoms with E-state index in [1.807, 2.05) is 6.92 Å². The maximum Gasteiger partial charge on any atom is 0.162 e. The highest BCUT2D eigenvalue weighted by molar-refractivity contribution is 7.99. The summed E-state index contributed by atoms with van der Waals surface area (Å²) in [5, 5.41) is 9.54. The van der Waals surface area contributed by atoms with E-state index in [1.165, 1.54) is 12.1 Å². The second-order valence-corrected chi connectivity index (χ2v) is 4.55. The highest BCUT2D eigenvalue weighted by Crippen LogP contribution is 2.14. The van der Waals surface area contributed by atoms with Gasteiger partial charge in [0.05, 0.1) is 6.10 Å². The van der Waals surface area contributed by atoms with Gasteiger partial charge in [-0.25, -0.2) is 8.78 Å². The Morgan fingerprint density at radius 1 is 1.40 bits per heavy atom. The lowest BCUT2D eigenvalue weighted by molar-refractivity contribution is 0.198. The molecular formula is C11H14F2OS. The average Bonchev–Trinajstić information content (AvgIpc) is 2.22. The van der Waals surface area contributed by atoms with Gasteiger partial charge in [0.25, 0.3) is 0 Å². The SMILES string of the molecule is CCSCC(O)Cc1cccc(F)c1F. The summed E-state index contributed by atoms with van der Waals surface area (Å²) < 4.78 is 26.0. The fourth-order valence-corrected chi connectivity index (χ4v) is 1.90. The van der Waals surface area contributed by atoms with Crippen LogP contribution in [-0.2, 0) is 6.42 Å². The first-order valence-corrected chi connectivity index (χ1v) is 5.99. The van der Waals surface area contributed by atoms with E-state index in [1.54, 1.807) is 11.8 Å². The van der Waals surface area contributed by atoms with Crippen LogP contribution in [0.4, 0.5) is 8.78 Å². The van der Waals surface area contributed by atoms with Crippen molar-refractivity contribution in [3.05, 3.63) is 35.4 Å². The van der Waals surface area contributed by atoms with Gasteiger partial charge in [-0.3, -0.25) is 0 Å². The first-order valence-electron chi connectivity index (χ1n) is 4.83. The number of hydrogen-bond acceptors (Lipinski definition) is 2. The molecule has 0 bridgehead atoms. The largest absolute Gasteiger partial charge is 0.392 e. The Morgan fingerprint density at radius 2 is 2.13 bits per heavy atom. The molecule has 0 radical (unpaired) electrons. The van der Waals surface area contributed by atoms with Gasteiger partial charge in [-0.2, -0.15) is 11.8 Å². The second kappa shape index (κ2) is 6.08. The number of hydrogen-bond donors (Lipinski definition) is 1. The number of benzene rings is 1. The lowest BCUT2D eigenvalue weighted by Crippen LogP contribution is -2.15. The zero-order valence-corrected chi connectivity index (χ0v) is 9.36. The van der Waals surface area contributed by atoms with Crippen molar-refractivity contribution in [2.45, 2.75) is 19.4 Å². The van der Waals surface area contributed by atoms with Gasteiger partial charge < -0.3 is 5.11 Å². The molecule has 15 heavy (non-hydrogen) atoms. The molecule has 0 heterocycles. The third-order valence-electron chi connectivity index (χ3n) is 2.00. The zero-order valence-electron chi connectivity index (χ0n) is 8.54. The fraction of sp³-hybridized carbons (Fsp3) is 0.455. The molecule has 84 valence electrons. The first-order chi connectivity index (χ1) is 7.15. The van der Waals surface area contributed by atoms with E-state index >= 15 is 0 Å². The summed E-state index contributed by atoms with van der Waals surface area (Å²) in [6, 6.07) is 4.03. The molecule has 0 saturated heterocycles. The third kappa shape index (κ3) is 3.80. The molecule has 1 atom stereocenters. The molecule has 0 aromatic heterocycles. The summed E-state index contributed by atoms with van der Waals surface area (Å²) in [6.07, 6.45) is -0.456. The number of aliphatic hydroxyl groups excluding tert-OH is 1. The van der Waals surface area contributed by atoms with Crippen molar-refractivity contribution in [3.8, 4) is 0 Å². The summed E-state index contributed by atoms with van der Waals surface area (Å²) >= 11 is 1.58. The monoisotopic (exact) mass is 232 g/mol. The molecule has 1 rings (SSSR count).